The molecule has 1 aromatic heterocycles. The number of methoxy groups -OCH3 is 2. The van der Waals surface area contributed by atoms with E-state index in [-0.39, 0.29) is 5.91 Å². The minimum atomic E-state index is -0.391. The molecule has 5 rings (SSSR count). The molecule has 0 N–H and O–H groups in total. The molecule has 0 saturated heterocycles. The number of para-hydroxylation sites is 1. The van der Waals surface area contributed by atoms with Crippen LogP contribution in [0, 0.1) is 5.82 Å². The van der Waals surface area contributed by atoms with E-state index >= 15 is 0 Å². The fraction of sp³-hybridized carbons (Fsp3) is 0.154. The van der Waals surface area contributed by atoms with Gasteiger partial charge >= 0.3 is 0 Å². The zero-order valence-corrected chi connectivity index (χ0v) is 18.8. The van der Waals surface area contributed by atoms with E-state index in [1.54, 1.807) is 36.3 Å². The van der Waals surface area contributed by atoms with Gasteiger partial charge in [0.1, 0.15) is 17.3 Å². The zero-order valence-electron chi connectivity index (χ0n) is 18.1. The van der Waals surface area contributed by atoms with Gasteiger partial charge in [0.2, 0.25) is 0 Å². The van der Waals surface area contributed by atoms with Gasteiger partial charge in [0.25, 0.3) is 5.91 Å². The number of carbonyl (C=O) groups excluding carboxylic acids is 1. The first-order chi connectivity index (χ1) is 16.0. The molecular formula is C26H20ClFN2O3. The number of hydrogen-bond acceptors (Lipinski definition) is 4. The van der Waals surface area contributed by atoms with Gasteiger partial charge < -0.3 is 14.4 Å². The monoisotopic (exact) mass is 462 g/mol. The molecule has 3 aromatic carbocycles. The molecule has 0 spiro atoms. The SMILES string of the molecule is COc1ccc(CN2Cc3nc4c(-c5c(F)cccc5OC)cccc4cc3C2=O)cc1Cl. The number of pyridine rings is 1. The van der Waals surface area contributed by atoms with Crippen molar-refractivity contribution in [1.29, 1.82) is 0 Å². The van der Waals surface area contributed by atoms with Gasteiger partial charge in [-0.25, -0.2) is 9.37 Å². The van der Waals surface area contributed by atoms with Crippen LogP contribution in [-0.4, -0.2) is 30.0 Å². The lowest BCUT2D eigenvalue weighted by molar-refractivity contribution is 0.0766. The van der Waals surface area contributed by atoms with Gasteiger partial charge in [-0.05, 0) is 35.9 Å². The summed E-state index contributed by atoms with van der Waals surface area (Å²) in [5, 5.41) is 1.26. The molecule has 0 atom stereocenters. The topological polar surface area (TPSA) is 51.7 Å². The van der Waals surface area contributed by atoms with Crippen LogP contribution in [0.25, 0.3) is 22.0 Å². The number of aromatic nitrogens is 1. The molecule has 4 aromatic rings. The fourth-order valence-corrected chi connectivity index (χ4v) is 4.54. The number of ether oxygens (including phenoxy) is 2. The maximum atomic E-state index is 14.8. The molecule has 0 aliphatic carbocycles. The van der Waals surface area contributed by atoms with Gasteiger partial charge in [-0.2, -0.15) is 0 Å². The van der Waals surface area contributed by atoms with Crippen LogP contribution in [0.2, 0.25) is 5.02 Å². The van der Waals surface area contributed by atoms with Crippen molar-refractivity contribution in [3.63, 3.8) is 0 Å². The molecule has 0 bridgehead atoms. The van der Waals surface area contributed by atoms with Crippen LogP contribution >= 0.6 is 11.6 Å². The quantitative estimate of drug-likeness (QED) is 0.372. The average molecular weight is 463 g/mol. The first-order valence-electron chi connectivity index (χ1n) is 10.4. The summed E-state index contributed by atoms with van der Waals surface area (Å²) in [5.41, 5.74) is 3.71. The summed E-state index contributed by atoms with van der Waals surface area (Å²) in [6, 6.07) is 17.5. The summed E-state index contributed by atoms with van der Waals surface area (Å²) in [7, 11) is 3.07. The van der Waals surface area contributed by atoms with Crippen LogP contribution < -0.4 is 9.47 Å². The summed E-state index contributed by atoms with van der Waals surface area (Å²) in [6.07, 6.45) is 0. The zero-order chi connectivity index (χ0) is 23.1. The Morgan fingerprint density at radius 3 is 2.55 bits per heavy atom. The lowest BCUT2D eigenvalue weighted by Gasteiger charge is -2.16. The third-order valence-corrected chi connectivity index (χ3v) is 6.13. The van der Waals surface area contributed by atoms with E-state index in [0.29, 0.717) is 57.5 Å². The first-order valence-corrected chi connectivity index (χ1v) is 10.7. The number of carbonyl (C=O) groups is 1. The molecule has 5 nitrogen and oxygen atoms in total. The van der Waals surface area contributed by atoms with Crippen LogP contribution in [0.1, 0.15) is 21.6 Å². The molecule has 1 aliphatic heterocycles. The fourth-order valence-electron chi connectivity index (χ4n) is 4.26. The summed E-state index contributed by atoms with van der Waals surface area (Å²) < 4.78 is 25.4. The maximum absolute atomic E-state index is 14.8. The highest BCUT2D eigenvalue weighted by Gasteiger charge is 2.30. The number of halogens is 2. The Hall–Kier alpha value is -3.64. The molecule has 0 fully saturated rings. The van der Waals surface area contributed by atoms with E-state index in [9.17, 15) is 9.18 Å². The van der Waals surface area contributed by atoms with Crippen molar-refractivity contribution in [2.45, 2.75) is 13.1 Å². The summed E-state index contributed by atoms with van der Waals surface area (Å²) in [5.74, 6) is 0.526. The second kappa shape index (κ2) is 8.37. The second-order valence-electron chi connectivity index (χ2n) is 7.81. The Kier molecular flexibility index (Phi) is 5.38. The summed E-state index contributed by atoms with van der Waals surface area (Å²) in [4.78, 5) is 19.6. The van der Waals surface area contributed by atoms with Crippen molar-refractivity contribution in [2.24, 2.45) is 0 Å². The predicted molar refractivity (Wildman–Crippen MR) is 125 cm³/mol. The minimum absolute atomic E-state index is 0.0970. The van der Waals surface area contributed by atoms with Crippen LogP contribution in [0.15, 0.2) is 60.7 Å². The number of amides is 1. The largest absolute Gasteiger partial charge is 0.496 e. The van der Waals surface area contributed by atoms with Crippen LogP contribution in [-0.2, 0) is 13.1 Å². The number of benzene rings is 3. The third kappa shape index (κ3) is 3.66. The second-order valence-corrected chi connectivity index (χ2v) is 8.21. The van der Waals surface area contributed by atoms with Crippen molar-refractivity contribution in [3.8, 4) is 22.6 Å². The molecule has 1 aliphatic rings. The van der Waals surface area contributed by atoms with E-state index in [1.807, 2.05) is 30.3 Å². The van der Waals surface area contributed by atoms with E-state index < -0.39 is 5.82 Å². The first kappa shape index (κ1) is 21.2. The van der Waals surface area contributed by atoms with Crippen LogP contribution in [0.5, 0.6) is 11.5 Å². The van der Waals surface area contributed by atoms with Crippen molar-refractivity contribution < 1.29 is 18.7 Å². The molecule has 1 amide bonds. The summed E-state index contributed by atoms with van der Waals surface area (Å²) >= 11 is 6.24. The summed E-state index contributed by atoms with van der Waals surface area (Å²) in [6.45, 7) is 0.750. The van der Waals surface area contributed by atoms with E-state index in [0.717, 1.165) is 10.9 Å². The Morgan fingerprint density at radius 2 is 1.79 bits per heavy atom. The molecule has 0 radical (unpaired) electrons. The third-order valence-electron chi connectivity index (χ3n) is 5.84. The Bertz CT molecular complexity index is 1410. The standard InChI is InChI=1S/C26H20ClFN2O3/c1-32-22-10-9-15(11-19(22)27)13-30-14-21-18(26(30)31)12-16-5-3-6-17(25(16)29-21)24-20(28)7-4-8-23(24)33-2/h3-12H,13-14H2,1-2H3. The van der Waals surface area contributed by atoms with E-state index in [4.69, 9.17) is 26.1 Å². The molecule has 33 heavy (non-hydrogen) atoms. The van der Waals surface area contributed by atoms with Gasteiger partial charge in [0.15, 0.2) is 0 Å². The van der Waals surface area contributed by atoms with Crippen LogP contribution in [0.3, 0.4) is 0 Å². The highest BCUT2D eigenvalue weighted by molar-refractivity contribution is 6.32. The predicted octanol–water partition coefficient (Wildman–Crippen LogP) is 5.87. The van der Waals surface area contributed by atoms with Gasteiger partial charge in [0, 0.05) is 17.5 Å². The molecule has 7 heteroatoms. The maximum Gasteiger partial charge on any atom is 0.256 e. The van der Waals surface area contributed by atoms with Crippen molar-refractivity contribution in [2.75, 3.05) is 14.2 Å². The van der Waals surface area contributed by atoms with E-state index in [1.165, 1.54) is 13.2 Å². The molecule has 0 saturated carbocycles. The number of fused-ring (bicyclic) bond motifs is 2. The molecule has 2 heterocycles. The van der Waals surface area contributed by atoms with Gasteiger partial charge in [-0.1, -0.05) is 41.9 Å². The molecule has 166 valence electrons. The van der Waals surface area contributed by atoms with E-state index in [2.05, 4.69) is 0 Å². The number of nitrogens with zero attached hydrogens (tertiary/aromatic N) is 2. The average Bonchev–Trinajstić information content (AvgIpc) is 3.11. The van der Waals surface area contributed by atoms with Gasteiger partial charge in [0.05, 0.1) is 48.1 Å². The van der Waals surface area contributed by atoms with Crippen molar-refractivity contribution >= 4 is 28.4 Å². The highest BCUT2D eigenvalue weighted by Crippen LogP contribution is 2.38. The highest BCUT2D eigenvalue weighted by atomic mass is 35.5. The Balaban J connectivity index is 1.54. The normalized spacial score (nSPS) is 12.8. The lowest BCUT2D eigenvalue weighted by Crippen LogP contribution is -2.23. The molecule has 0 unspecified atom stereocenters. The Labute approximate surface area is 195 Å². The smallest absolute Gasteiger partial charge is 0.256 e. The van der Waals surface area contributed by atoms with Crippen molar-refractivity contribution in [1.82, 2.24) is 9.88 Å². The number of hydrogen-bond donors (Lipinski definition) is 0. The van der Waals surface area contributed by atoms with Crippen molar-refractivity contribution in [3.05, 3.63) is 88.3 Å². The number of rotatable bonds is 5. The Morgan fingerprint density at radius 1 is 1.00 bits per heavy atom. The minimum Gasteiger partial charge on any atom is -0.496 e. The van der Waals surface area contributed by atoms with Crippen LogP contribution in [0.4, 0.5) is 4.39 Å². The molecular weight excluding hydrogens is 443 g/mol. The van der Waals surface area contributed by atoms with Gasteiger partial charge in [-0.3, -0.25) is 4.79 Å². The van der Waals surface area contributed by atoms with Gasteiger partial charge in [-0.15, -0.1) is 0 Å². The lowest BCUT2D eigenvalue weighted by atomic mass is 9.99.